The highest BCUT2D eigenvalue weighted by atomic mass is 19.1. The van der Waals surface area contributed by atoms with E-state index in [-0.39, 0.29) is 11.6 Å². The minimum absolute atomic E-state index is 0.306. The van der Waals surface area contributed by atoms with Crippen LogP contribution in [0.2, 0.25) is 0 Å². The Labute approximate surface area is 152 Å². The van der Waals surface area contributed by atoms with Gasteiger partial charge in [0.05, 0.1) is 17.6 Å². The first-order chi connectivity index (χ1) is 13.2. The fraction of sp³-hybridized carbons (Fsp3) is 0.143. The van der Waals surface area contributed by atoms with Gasteiger partial charge in [0.2, 0.25) is 0 Å². The molecule has 5 aromatic rings. The topological polar surface area (TPSA) is 66.8 Å². The molecule has 0 unspecified atom stereocenters. The van der Waals surface area contributed by atoms with Crippen LogP contribution in [-0.4, -0.2) is 23.1 Å². The van der Waals surface area contributed by atoms with Gasteiger partial charge in [-0.3, -0.25) is 0 Å². The number of fused-ring (bicyclic) bond motifs is 6. The second kappa shape index (κ2) is 5.96. The summed E-state index contributed by atoms with van der Waals surface area (Å²) in [6, 6.07) is 11.2. The van der Waals surface area contributed by atoms with Crippen LogP contribution in [0.25, 0.3) is 43.6 Å². The van der Waals surface area contributed by atoms with E-state index in [1.807, 2.05) is 6.07 Å². The molecule has 0 amide bonds. The fourth-order valence-corrected chi connectivity index (χ4v) is 3.70. The summed E-state index contributed by atoms with van der Waals surface area (Å²) >= 11 is 0. The van der Waals surface area contributed by atoms with E-state index in [0.717, 1.165) is 43.6 Å². The van der Waals surface area contributed by atoms with Gasteiger partial charge in [-0.15, -0.1) is 0 Å². The van der Waals surface area contributed by atoms with Gasteiger partial charge >= 0.3 is 0 Å². The number of nitrogens with two attached hydrogens (primary N) is 1. The van der Waals surface area contributed by atoms with E-state index in [9.17, 15) is 8.78 Å². The lowest BCUT2D eigenvalue weighted by Crippen LogP contribution is -2.06. The molecule has 136 valence electrons. The second-order valence-electron chi connectivity index (χ2n) is 6.67. The van der Waals surface area contributed by atoms with Crippen LogP contribution in [0.1, 0.15) is 6.42 Å². The molecule has 2 heterocycles. The van der Waals surface area contributed by atoms with E-state index < -0.39 is 0 Å². The number of benzene rings is 3. The van der Waals surface area contributed by atoms with E-state index in [4.69, 9.17) is 10.5 Å². The van der Waals surface area contributed by atoms with E-state index in [2.05, 4.69) is 9.97 Å². The molecule has 0 saturated carbocycles. The van der Waals surface area contributed by atoms with Crippen LogP contribution in [0, 0.1) is 11.6 Å². The van der Waals surface area contributed by atoms with Crippen LogP contribution in [0.15, 0.2) is 42.5 Å². The van der Waals surface area contributed by atoms with Crippen molar-refractivity contribution in [2.45, 2.75) is 6.42 Å². The van der Waals surface area contributed by atoms with Crippen LogP contribution in [0.5, 0.6) is 5.75 Å². The first kappa shape index (κ1) is 16.1. The lowest BCUT2D eigenvalue weighted by molar-refractivity contribution is 0.319. The van der Waals surface area contributed by atoms with Gasteiger partial charge in [-0.2, -0.15) is 0 Å². The summed E-state index contributed by atoms with van der Waals surface area (Å²) < 4.78 is 33.7. The van der Waals surface area contributed by atoms with Crippen LogP contribution in [-0.2, 0) is 0 Å². The Balaban J connectivity index is 1.91. The molecule has 0 saturated heterocycles. The molecular weight excluding hydrogens is 348 g/mol. The Kier molecular flexibility index (Phi) is 3.55. The number of aromatic nitrogens is 2. The predicted molar refractivity (Wildman–Crippen MR) is 104 cm³/mol. The Morgan fingerprint density at radius 1 is 0.778 bits per heavy atom. The van der Waals surface area contributed by atoms with Crippen molar-refractivity contribution in [3.63, 3.8) is 0 Å². The molecule has 0 fully saturated rings. The lowest BCUT2D eigenvalue weighted by atomic mass is 10.1. The number of H-pyrrole nitrogens is 2. The average molecular weight is 365 g/mol. The molecule has 0 radical (unpaired) electrons. The number of hydrogen-bond acceptors (Lipinski definition) is 2. The van der Waals surface area contributed by atoms with E-state index in [0.29, 0.717) is 25.3 Å². The van der Waals surface area contributed by atoms with E-state index in [1.165, 1.54) is 24.3 Å². The van der Waals surface area contributed by atoms with Crippen molar-refractivity contribution >= 4 is 43.6 Å². The van der Waals surface area contributed by atoms with Gasteiger partial charge in [0.1, 0.15) is 11.6 Å². The summed E-state index contributed by atoms with van der Waals surface area (Å²) in [6.45, 7) is 0.979. The van der Waals surface area contributed by atoms with Gasteiger partial charge in [-0.05, 0) is 55.4 Å². The molecule has 0 aliphatic carbocycles. The van der Waals surface area contributed by atoms with Crippen molar-refractivity contribution in [2.75, 3.05) is 13.2 Å². The normalized spacial score (nSPS) is 12.0. The molecule has 4 N–H and O–H groups in total. The van der Waals surface area contributed by atoms with Gasteiger partial charge in [-0.1, -0.05) is 0 Å². The van der Waals surface area contributed by atoms with Crippen molar-refractivity contribution in [3.05, 3.63) is 54.1 Å². The zero-order valence-electron chi connectivity index (χ0n) is 14.4. The number of hydrogen-bond donors (Lipinski definition) is 3. The van der Waals surface area contributed by atoms with Crippen LogP contribution in [0.3, 0.4) is 0 Å². The van der Waals surface area contributed by atoms with Gasteiger partial charge in [0, 0.05) is 32.6 Å². The van der Waals surface area contributed by atoms with E-state index in [1.54, 1.807) is 12.1 Å². The van der Waals surface area contributed by atoms with Crippen LogP contribution >= 0.6 is 0 Å². The number of ether oxygens (including phenoxy) is 1. The highest BCUT2D eigenvalue weighted by Gasteiger charge is 2.18. The third-order valence-electron chi connectivity index (χ3n) is 4.94. The largest absolute Gasteiger partial charge is 0.489 e. The molecule has 27 heavy (non-hydrogen) atoms. The fourth-order valence-electron chi connectivity index (χ4n) is 3.70. The summed E-state index contributed by atoms with van der Waals surface area (Å²) in [5.41, 5.74) is 8.80. The standard InChI is InChI=1S/C21H17F2N3O/c22-11-2-4-17-13(8-11)15-10-16-14-9-12(23)3-5-18(14)26-20(16)21(19(15)25-17)27-7-1-6-24/h2-5,8-10,25-26H,1,6-7,24H2. The minimum atomic E-state index is -0.306. The first-order valence-electron chi connectivity index (χ1n) is 8.83. The van der Waals surface area contributed by atoms with E-state index >= 15 is 0 Å². The summed E-state index contributed by atoms with van der Waals surface area (Å²) in [6.07, 6.45) is 0.710. The van der Waals surface area contributed by atoms with Crippen molar-refractivity contribution in [1.82, 2.24) is 9.97 Å². The molecule has 4 nitrogen and oxygen atoms in total. The first-order valence-corrected chi connectivity index (χ1v) is 8.83. The van der Waals surface area contributed by atoms with Crippen molar-refractivity contribution in [2.24, 2.45) is 5.73 Å². The number of halogens is 2. The van der Waals surface area contributed by atoms with Gasteiger partial charge in [-0.25, -0.2) is 8.78 Å². The zero-order valence-corrected chi connectivity index (χ0v) is 14.4. The predicted octanol–water partition coefficient (Wildman–Crippen LogP) is 4.96. The van der Waals surface area contributed by atoms with Gasteiger partial charge < -0.3 is 20.4 Å². The maximum absolute atomic E-state index is 13.8. The zero-order chi connectivity index (χ0) is 18.5. The third-order valence-corrected chi connectivity index (χ3v) is 4.94. The Morgan fingerprint density at radius 3 is 1.85 bits per heavy atom. The molecule has 2 aromatic heterocycles. The summed E-state index contributed by atoms with van der Waals surface area (Å²) in [7, 11) is 0. The van der Waals surface area contributed by atoms with Crippen LogP contribution in [0.4, 0.5) is 8.78 Å². The SMILES string of the molecule is NCCCOc1c2[nH]c3ccc(F)cc3c2cc2c1[nH]c1ccc(F)cc12. The molecule has 0 spiro atoms. The number of rotatable bonds is 4. The minimum Gasteiger partial charge on any atom is -0.489 e. The lowest BCUT2D eigenvalue weighted by Gasteiger charge is -2.08. The molecule has 0 aliphatic rings. The maximum atomic E-state index is 13.8. The Hall–Kier alpha value is -3.12. The Bertz CT molecular complexity index is 1230. The number of aromatic amines is 2. The molecule has 0 atom stereocenters. The Morgan fingerprint density at radius 2 is 1.33 bits per heavy atom. The molecule has 6 heteroatoms. The monoisotopic (exact) mass is 365 g/mol. The molecular formula is C21H17F2N3O. The summed E-state index contributed by atoms with van der Waals surface area (Å²) in [5.74, 6) is 0.0299. The van der Waals surface area contributed by atoms with Crippen molar-refractivity contribution in [1.29, 1.82) is 0 Å². The quantitative estimate of drug-likeness (QED) is 0.394. The highest BCUT2D eigenvalue weighted by Crippen LogP contribution is 2.41. The van der Waals surface area contributed by atoms with Crippen molar-refractivity contribution in [3.8, 4) is 5.75 Å². The highest BCUT2D eigenvalue weighted by molar-refractivity contribution is 6.20. The number of nitrogens with one attached hydrogen (secondary N) is 2. The maximum Gasteiger partial charge on any atom is 0.167 e. The van der Waals surface area contributed by atoms with Gasteiger partial charge in [0.15, 0.2) is 5.75 Å². The second-order valence-corrected chi connectivity index (χ2v) is 6.67. The summed E-state index contributed by atoms with van der Waals surface area (Å²) in [5, 5.41) is 3.21. The van der Waals surface area contributed by atoms with Gasteiger partial charge in [0.25, 0.3) is 0 Å². The van der Waals surface area contributed by atoms with Crippen molar-refractivity contribution < 1.29 is 13.5 Å². The molecule has 5 rings (SSSR count). The third kappa shape index (κ3) is 2.44. The molecule has 3 aromatic carbocycles. The molecule has 0 bridgehead atoms. The average Bonchev–Trinajstić information content (AvgIpc) is 3.19. The molecule has 0 aliphatic heterocycles. The smallest absolute Gasteiger partial charge is 0.167 e. The summed E-state index contributed by atoms with van der Waals surface area (Å²) in [4.78, 5) is 6.66. The van der Waals surface area contributed by atoms with Crippen LogP contribution < -0.4 is 10.5 Å².